The fraction of sp³-hybridized carbons (Fsp3) is 0.381. The highest BCUT2D eigenvalue weighted by Crippen LogP contribution is 2.40. The minimum Gasteiger partial charge on any atom is -0.351 e. The summed E-state index contributed by atoms with van der Waals surface area (Å²) in [5.41, 5.74) is 4.17. The molecule has 6 heteroatoms. The first kappa shape index (κ1) is 17.6. The smallest absolute Gasteiger partial charge is 0.252 e. The zero-order valence-corrected chi connectivity index (χ0v) is 15.8. The average Bonchev–Trinajstić information content (AvgIpc) is 3.46. The van der Waals surface area contributed by atoms with Crippen molar-refractivity contribution in [3.05, 3.63) is 58.7 Å². The lowest BCUT2D eigenvalue weighted by molar-refractivity contribution is 0.0953. The van der Waals surface area contributed by atoms with E-state index in [1.54, 1.807) is 16.8 Å². The summed E-state index contributed by atoms with van der Waals surface area (Å²) < 4.78 is 14.8. The van der Waals surface area contributed by atoms with Gasteiger partial charge in [-0.15, -0.1) is 0 Å². The SMILES string of the molecule is Cc1nn(C)c2nc(C3CC3)cc(C(=O)NCC(C)c3ccc(F)cc3)c12. The maximum absolute atomic E-state index is 13.1. The van der Waals surface area contributed by atoms with E-state index in [4.69, 9.17) is 4.98 Å². The third-order valence-corrected chi connectivity index (χ3v) is 5.24. The number of carbonyl (C=O) groups excluding carboxylic acids is 1. The molecule has 1 atom stereocenters. The van der Waals surface area contributed by atoms with Crippen molar-refractivity contribution in [3.8, 4) is 0 Å². The van der Waals surface area contributed by atoms with Crippen LogP contribution in [0.5, 0.6) is 0 Å². The Morgan fingerprint density at radius 1 is 1.33 bits per heavy atom. The predicted octanol–water partition coefficient (Wildman–Crippen LogP) is 3.83. The van der Waals surface area contributed by atoms with Gasteiger partial charge in [-0.05, 0) is 49.4 Å². The summed E-state index contributed by atoms with van der Waals surface area (Å²) in [5, 5.41) is 8.29. The van der Waals surface area contributed by atoms with E-state index in [-0.39, 0.29) is 17.6 Å². The molecule has 27 heavy (non-hydrogen) atoms. The van der Waals surface area contributed by atoms with Crippen molar-refractivity contribution in [2.24, 2.45) is 7.05 Å². The van der Waals surface area contributed by atoms with Crippen LogP contribution in [-0.4, -0.2) is 27.2 Å². The number of hydrogen-bond acceptors (Lipinski definition) is 3. The molecule has 5 nitrogen and oxygen atoms in total. The maximum atomic E-state index is 13.1. The molecule has 1 aliphatic carbocycles. The summed E-state index contributed by atoms with van der Waals surface area (Å²) in [5.74, 6) is 0.169. The lowest BCUT2D eigenvalue weighted by Gasteiger charge is -2.14. The van der Waals surface area contributed by atoms with Gasteiger partial charge in [0.1, 0.15) is 5.82 Å². The quantitative estimate of drug-likeness (QED) is 0.747. The van der Waals surface area contributed by atoms with E-state index in [0.717, 1.165) is 40.8 Å². The van der Waals surface area contributed by atoms with Crippen LogP contribution >= 0.6 is 0 Å². The van der Waals surface area contributed by atoms with E-state index in [1.165, 1.54) is 12.1 Å². The summed E-state index contributed by atoms with van der Waals surface area (Å²) in [6.45, 7) is 4.39. The topological polar surface area (TPSA) is 59.8 Å². The first-order valence-corrected chi connectivity index (χ1v) is 9.32. The molecule has 1 fully saturated rings. The number of nitrogens with one attached hydrogen (secondary N) is 1. The lowest BCUT2D eigenvalue weighted by atomic mass is 10.0. The van der Waals surface area contributed by atoms with Gasteiger partial charge in [0.05, 0.1) is 16.6 Å². The molecule has 1 unspecified atom stereocenters. The second kappa shape index (κ2) is 6.76. The summed E-state index contributed by atoms with van der Waals surface area (Å²) >= 11 is 0. The minimum absolute atomic E-state index is 0.0878. The fourth-order valence-corrected chi connectivity index (χ4v) is 3.48. The molecule has 0 spiro atoms. The van der Waals surface area contributed by atoms with Crippen LogP contribution < -0.4 is 5.32 Å². The highest BCUT2D eigenvalue weighted by Gasteiger charge is 2.28. The van der Waals surface area contributed by atoms with Crippen LogP contribution in [0.25, 0.3) is 11.0 Å². The van der Waals surface area contributed by atoms with Gasteiger partial charge >= 0.3 is 0 Å². The molecule has 4 rings (SSSR count). The Labute approximate surface area is 157 Å². The van der Waals surface area contributed by atoms with Crippen molar-refractivity contribution in [2.75, 3.05) is 6.54 Å². The molecule has 1 N–H and O–H groups in total. The molecule has 1 amide bonds. The maximum Gasteiger partial charge on any atom is 0.252 e. The number of halogens is 1. The number of amides is 1. The number of aromatic nitrogens is 3. The molecule has 2 aromatic heterocycles. The Hall–Kier alpha value is -2.76. The molecule has 1 saturated carbocycles. The average molecular weight is 366 g/mol. The number of benzene rings is 1. The molecule has 0 aliphatic heterocycles. The van der Waals surface area contributed by atoms with Crippen molar-refractivity contribution < 1.29 is 9.18 Å². The number of hydrogen-bond donors (Lipinski definition) is 1. The summed E-state index contributed by atoms with van der Waals surface area (Å²) in [7, 11) is 1.86. The van der Waals surface area contributed by atoms with Crippen molar-refractivity contribution in [1.82, 2.24) is 20.1 Å². The highest BCUT2D eigenvalue weighted by atomic mass is 19.1. The van der Waals surface area contributed by atoms with Crippen molar-refractivity contribution in [2.45, 2.75) is 38.5 Å². The van der Waals surface area contributed by atoms with E-state index < -0.39 is 0 Å². The summed E-state index contributed by atoms with van der Waals surface area (Å²) in [6, 6.07) is 8.33. The van der Waals surface area contributed by atoms with Crippen molar-refractivity contribution in [3.63, 3.8) is 0 Å². The Morgan fingerprint density at radius 2 is 2.04 bits per heavy atom. The number of aryl methyl sites for hydroxylation is 2. The number of carbonyl (C=O) groups is 1. The Morgan fingerprint density at radius 3 is 2.70 bits per heavy atom. The van der Waals surface area contributed by atoms with Crippen molar-refractivity contribution in [1.29, 1.82) is 0 Å². The van der Waals surface area contributed by atoms with Crippen LogP contribution in [0.3, 0.4) is 0 Å². The fourth-order valence-electron chi connectivity index (χ4n) is 3.48. The van der Waals surface area contributed by atoms with E-state index in [0.29, 0.717) is 18.0 Å². The van der Waals surface area contributed by atoms with E-state index in [1.807, 2.05) is 27.0 Å². The van der Waals surface area contributed by atoms with Crippen LogP contribution in [0.4, 0.5) is 4.39 Å². The number of fused-ring (bicyclic) bond motifs is 1. The molecule has 2 heterocycles. The zero-order chi connectivity index (χ0) is 19.1. The van der Waals surface area contributed by atoms with Crippen LogP contribution in [-0.2, 0) is 7.05 Å². The lowest BCUT2D eigenvalue weighted by Crippen LogP contribution is -2.28. The van der Waals surface area contributed by atoms with Gasteiger partial charge in [-0.3, -0.25) is 9.48 Å². The van der Waals surface area contributed by atoms with E-state index in [2.05, 4.69) is 10.4 Å². The van der Waals surface area contributed by atoms with E-state index in [9.17, 15) is 9.18 Å². The number of rotatable bonds is 5. The zero-order valence-electron chi connectivity index (χ0n) is 15.8. The van der Waals surface area contributed by atoms with Crippen LogP contribution in [0.1, 0.15) is 58.9 Å². The summed E-state index contributed by atoms with van der Waals surface area (Å²) in [6.07, 6.45) is 2.25. The first-order valence-electron chi connectivity index (χ1n) is 9.32. The van der Waals surface area contributed by atoms with Gasteiger partial charge in [0.15, 0.2) is 5.65 Å². The van der Waals surface area contributed by atoms with Crippen molar-refractivity contribution >= 4 is 16.9 Å². The van der Waals surface area contributed by atoms with Gasteiger partial charge in [-0.2, -0.15) is 5.10 Å². The van der Waals surface area contributed by atoms with Crippen LogP contribution in [0, 0.1) is 12.7 Å². The third-order valence-electron chi connectivity index (χ3n) is 5.24. The molecule has 1 aliphatic rings. The molecule has 3 aromatic rings. The molecular formula is C21H23FN4O. The van der Waals surface area contributed by atoms with Gasteiger partial charge in [-0.25, -0.2) is 9.37 Å². The van der Waals surface area contributed by atoms with E-state index >= 15 is 0 Å². The van der Waals surface area contributed by atoms with Gasteiger partial charge in [-0.1, -0.05) is 19.1 Å². The standard InChI is InChI=1S/C21H23FN4O/c1-12(14-6-8-16(22)9-7-14)11-23-21(27)17-10-18(15-4-5-15)24-20-19(17)13(2)25-26(20)3/h6-10,12,15H,4-5,11H2,1-3H3,(H,23,27). The largest absolute Gasteiger partial charge is 0.351 e. The molecule has 140 valence electrons. The monoisotopic (exact) mass is 366 g/mol. The Kier molecular flexibility index (Phi) is 4.42. The van der Waals surface area contributed by atoms with Gasteiger partial charge in [0.2, 0.25) is 0 Å². The highest BCUT2D eigenvalue weighted by molar-refractivity contribution is 6.06. The molecule has 0 radical (unpaired) electrons. The van der Waals surface area contributed by atoms with Gasteiger partial charge in [0.25, 0.3) is 5.91 Å². The van der Waals surface area contributed by atoms with Gasteiger partial charge in [0, 0.05) is 25.2 Å². The molecule has 0 saturated heterocycles. The molecular weight excluding hydrogens is 343 g/mol. The molecule has 0 bridgehead atoms. The van der Waals surface area contributed by atoms with Gasteiger partial charge < -0.3 is 5.32 Å². The number of nitrogens with zero attached hydrogens (tertiary/aromatic N) is 3. The second-order valence-electron chi connectivity index (χ2n) is 7.44. The predicted molar refractivity (Wildman–Crippen MR) is 102 cm³/mol. The van der Waals surface area contributed by atoms with Crippen LogP contribution in [0.15, 0.2) is 30.3 Å². The minimum atomic E-state index is -0.256. The Bertz CT molecular complexity index is 1010. The summed E-state index contributed by atoms with van der Waals surface area (Å²) in [4.78, 5) is 17.7. The Balaban J connectivity index is 1.59. The number of pyridine rings is 1. The first-order chi connectivity index (χ1) is 12.9. The third kappa shape index (κ3) is 3.44. The second-order valence-corrected chi connectivity index (χ2v) is 7.44. The van der Waals surface area contributed by atoms with Crippen LogP contribution in [0.2, 0.25) is 0 Å². The molecule has 1 aromatic carbocycles. The normalized spacial score (nSPS) is 15.1.